The van der Waals surface area contributed by atoms with E-state index in [2.05, 4.69) is 37.4 Å². The Hall–Kier alpha value is -1.05. The van der Waals surface area contributed by atoms with Crippen molar-refractivity contribution in [3.05, 3.63) is 23.8 Å². The summed E-state index contributed by atoms with van der Waals surface area (Å²) >= 11 is 0. The van der Waals surface area contributed by atoms with Gasteiger partial charge in [0, 0.05) is 12.5 Å². The SMILES string of the molecule is CCC=CCCC=C(C)CNC(=O)C1CC1. The maximum Gasteiger partial charge on any atom is 0.223 e. The van der Waals surface area contributed by atoms with E-state index in [1.165, 1.54) is 5.57 Å². The van der Waals surface area contributed by atoms with Crippen molar-refractivity contribution in [3.63, 3.8) is 0 Å². The summed E-state index contributed by atoms with van der Waals surface area (Å²) in [6.45, 7) is 4.94. The average molecular weight is 221 g/mol. The fourth-order valence-electron chi connectivity index (χ4n) is 1.50. The van der Waals surface area contributed by atoms with Crippen molar-refractivity contribution in [2.75, 3.05) is 6.54 Å². The number of carbonyl (C=O) groups is 1. The molecule has 0 bridgehead atoms. The number of unbranched alkanes of at least 4 members (excludes halogenated alkanes) is 1. The molecule has 0 aliphatic heterocycles. The molecule has 1 saturated carbocycles. The molecular weight excluding hydrogens is 198 g/mol. The highest BCUT2D eigenvalue weighted by molar-refractivity contribution is 5.80. The van der Waals surface area contributed by atoms with Crippen molar-refractivity contribution in [3.8, 4) is 0 Å². The number of hydrogen-bond donors (Lipinski definition) is 1. The third-order valence-electron chi connectivity index (χ3n) is 2.72. The van der Waals surface area contributed by atoms with Crippen LogP contribution in [-0.2, 0) is 4.79 Å². The molecule has 16 heavy (non-hydrogen) atoms. The van der Waals surface area contributed by atoms with Gasteiger partial charge in [-0.1, -0.05) is 30.7 Å². The Balaban J connectivity index is 2.08. The van der Waals surface area contributed by atoms with Crippen LogP contribution in [0.25, 0.3) is 0 Å². The summed E-state index contributed by atoms with van der Waals surface area (Å²) in [5.74, 6) is 0.555. The van der Waals surface area contributed by atoms with Gasteiger partial charge in [-0.25, -0.2) is 0 Å². The molecule has 0 saturated heterocycles. The van der Waals surface area contributed by atoms with Crippen LogP contribution in [0.15, 0.2) is 23.8 Å². The zero-order valence-electron chi connectivity index (χ0n) is 10.5. The smallest absolute Gasteiger partial charge is 0.223 e. The Morgan fingerprint density at radius 1 is 1.31 bits per heavy atom. The van der Waals surface area contributed by atoms with Gasteiger partial charge in [0.05, 0.1) is 0 Å². The molecule has 2 heteroatoms. The van der Waals surface area contributed by atoms with Crippen molar-refractivity contribution in [2.45, 2.75) is 46.0 Å². The largest absolute Gasteiger partial charge is 0.352 e. The van der Waals surface area contributed by atoms with Crippen LogP contribution in [-0.4, -0.2) is 12.5 Å². The first-order valence-corrected chi connectivity index (χ1v) is 6.32. The van der Waals surface area contributed by atoms with E-state index in [0.717, 1.165) is 32.1 Å². The van der Waals surface area contributed by atoms with E-state index in [4.69, 9.17) is 0 Å². The first-order valence-electron chi connectivity index (χ1n) is 6.32. The van der Waals surface area contributed by atoms with E-state index in [0.29, 0.717) is 12.5 Å². The number of rotatable bonds is 7. The molecule has 0 atom stereocenters. The van der Waals surface area contributed by atoms with Crippen LogP contribution in [0.4, 0.5) is 0 Å². The highest BCUT2D eigenvalue weighted by atomic mass is 16.2. The van der Waals surface area contributed by atoms with Crippen molar-refractivity contribution in [2.24, 2.45) is 5.92 Å². The van der Waals surface area contributed by atoms with Crippen molar-refractivity contribution < 1.29 is 4.79 Å². The molecule has 1 fully saturated rings. The van der Waals surface area contributed by atoms with Crippen LogP contribution in [0.5, 0.6) is 0 Å². The molecule has 2 nitrogen and oxygen atoms in total. The van der Waals surface area contributed by atoms with Gasteiger partial charge in [0.15, 0.2) is 0 Å². The Morgan fingerprint density at radius 2 is 2.06 bits per heavy atom. The molecule has 0 heterocycles. The van der Waals surface area contributed by atoms with Crippen molar-refractivity contribution in [1.29, 1.82) is 0 Å². The molecule has 1 rings (SSSR count). The topological polar surface area (TPSA) is 29.1 Å². The van der Waals surface area contributed by atoms with Crippen LogP contribution < -0.4 is 5.32 Å². The fraction of sp³-hybridized carbons (Fsp3) is 0.643. The molecule has 1 N–H and O–H groups in total. The van der Waals surface area contributed by atoms with E-state index < -0.39 is 0 Å². The molecule has 0 radical (unpaired) electrons. The Morgan fingerprint density at radius 3 is 2.69 bits per heavy atom. The highest BCUT2D eigenvalue weighted by Gasteiger charge is 2.28. The second kappa shape index (κ2) is 7.26. The summed E-state index contributed by atoms with van der Waals surface area (Å²) in [4.78, 5) is 11.4. The maximum absolute atomic E-state index is 11.4. The molecular formula is C14H23NO. The third-order valence-corrected chi connectivity index (χ3v) is 2.72. The number of allylic oxidation sites excluding steroid dienone is 3. The van der Waals surface area contributed by atoms with Gasteiger partial charge in [-0.2, -0.15) is 0 Å². The van der Waals surface area contributed by atoms with Gasteiger partial charge in [0.2, 0.25) is 5.91 Å². The van der Waals surface area contributed by atoms with Gasteiger partial charge in [-0.15, -0.1) is 0 Å². The quantitative estimate of drug-likeness (QED) is 0.519. The zero-order valence-corrected chi connectivity index (χ0v) is 10.5. The molecule has 1 aliphatic rings. The minimum absolute atomic E-state index is 0.235. The van der Waals surface area contributed by atoms with Crippen LogP contribution >= 0.6 is 0 Å². The Kier molecular flexibility index (Phi) is 5.91. The number of hydrogen-bond acceptors (Lipinski definition) is 1. The third kappa shape index (κ3) is 5.74. The zero-order chi connectivity index (χ0) is 11.8. The first-order chi connectivity index (χ1) is 7.74. The van der Waals surface area contributed by atoms with Crippen molar-refractivity contribution >= 4 is 5.91 Å². The predicted molar refractivity (Wildman–Crippen MR) is 68.2 cm³/mol. The van der Waals surface area contributed by atoms with Crippen LogP contribution in [0.1, 0.15) is 46.0 Å². The number of nitrogens with one attached hydrogen (secondary N) is 1. The fourth-order valence-corrected chi connectivity index (χ4v) is 1.50. The minimum Gasteiger partial charge on any atom is -0.352 e. The number of amides is 1. The van der Waals surface area contributed by atoms with Crippen LogP contribution in [0, 0.1) is 5.92 Å². The predicted octanol–water partition coefficient (Wildman–Crippen LogP) is 3.21. The van der Waals surface area contributed by atoms with Gasteiger partial charge in [-0.05, 0) is 39.0 Å². The lowest BCUT2D eigenvalue weighted by Crippen LogP contribution is -2.26. The number of carbonyl (C=O) groups excluding carboxylic acids is 1. The molecule has 0 aromatic rings. The minimum atomic E-state index is 0.235. The Labute approximate surface area is 98.8 Å². The van der Waals surface area contributed by atoms with E-state index >= 15 is 0 Å². The van der Waals surface area contributed by atoms with Crippen LogP contribution in [0.3, 0.4) is 0 Å². The normalized spacial score (nSPS) is 16.8. The molecule has 0 aromatic carbocycles. The van der Waals surface area contributed by atoms with Gasteiger partial charge in [0.25, 0.3) is 0 Å². The monoisotopic (exact) mass is 221 g/mol. The summed E-state index contributed by atoms with van der Waals surface area (Å²) in [5, 5.41) is 2.97. The first kappa shape index (κ1) is 13.0. The molecule has 0 aromatic heterocycles. The summed E-state index contributed by atoms with van der Waals surface area (Å²) in [6.07, 6.45) is 12.1. The van der Waals surface area contributed by atoms with Gasteiger partial charge >= 0.3 is 0 Å². The standard InChI is InChI=1S/C14H23NO/c1-3-4-5-6-7-8-12(2)11-15-14(16)13-9-10-13/h4-5,8,13H,3,6-7,9-11H2,1-2H3,(H,15,16). The summed E-state index contributed by atoms with van der Waals surface area (Å²) in [6, 6.07) is 0. The lowest BCUT2D eigenvalue weighted by atomic mass is 10.2. The highest BCUT2D eigenvalue weighted by Crippen LogP contribution is 2.28. The lowest BCUT2D eigenvalue weighted by Gasteiger charge is -2.04. The van der Waals surface area contributed by atoms with E-state index in [-0.39, 0.29) is 5.91 Å². The molecule has 0 spiro atoms. The average Bonchev–Trinajstić information content (AvgIpc) is 3.09. The van der Waals surface area contributed by atoms with E-state index in [1.54, 1.807) is 0 Å². The second-order valence-corrected chi connectivity index (χ2v) is 4.50. The van der Waals surface area contributed by atoms with Crippen molar-refractivity contribution in [1.82, 2.24) is 5.32 Å². The maximum atomic E-state index is 11.4. The summed E-state index contributed by atoms with van der Waals surface area (Å²) < 4.78 is 0. The second-order valence-electron chi connectivity index (χ2n) is 4.50. The van der Waals surface area contributed by atoms with Crippen LogP contribution in [0.2, 0.25) is 0 Å². The van der Waals surface area contributed by atoms with Gasteiger partial charge in [0.1, 0.15) is 0 Å². The summed E-state index contributed by atoms with van der Waals surface area (Å²) in [7, 11) is 0. The summed E-state index contributed by atoms with van der Waals surface area (Å²) in [5.41, 5.74) is 1.26. The lowest BCUT2D eigenvalue weighted by molar-refractivity contribution is -0.122. The van der Waals surface area contributed by atoms with E-state index in [1.807, 2.05) is 0 Å². The molecule has 0 unspecified atom stereocenters. The molecule has 1 aliphatic carbocycles. The van der Waals surface area contributed by atoms with E-state index in [9.17, 15) is 4.79 Å². The Bertz CT molecular complexity index is 274. The molecule has 90 valence electrons. The van der Waals surface area contributed by atoms with Gasteiger partial charge in [-0.3, -0.25) is 4.79 Å². The van der Waals surface area contributed by atoms with Gasteiger partial charge < -0.3 is 5.32 Å². The molecule has 1 amide bonds.